The van der Waals surface area contributed by atoms with Gasteiger partial charge in [0.15, 0.2) is 0 Å². The highest BCUT2D eigenvalue weighted by Crippen LogP contribution is 2.38. The van der Waals surface area contributed by atoms with Gasteiger partial charge in [-0.1, -0.05) is 25.1 Å². The first-order chi connectivity index (χ1) is 12.5. The average molecular weight is 356 g/mol. The van der Waals surface area contributed by atoms with Crippen molar-refractivity contribution < 1.29 is 18.7 Å². The van der Waals surface area contributed by atoms with Crippen molar-refractivity contribution in [2.75, 3.05) is 12.4 Å². The van der Waals surface area contributed by atoms with E-state index >= 15 is 0 Å². The van der Waals surface area contributed by atoms with Gasteiger partial charge in [-0.25, -0.2) is 4.39 Å². The molecule has 1 aliphatic carbocycles. The van der Waals surface area contributed by atoms with Crippen LogP contribution in [0.4, 0.5) is 10.1 Å². The van der Waals surface area contributed by atoms with Gasteiger partial charge in [0.05, 0.1) is 18.4 Å². The van der Waals surface area contributed by atoms with Crippen LogP contribution in [0.2, 0.25) is 0 Å². The molecule has 0 aliphatic heterocycles. The van der Waals surface area contributed by atoms with Gasteiger partial charge in [-0.3, -0.25) is 9.59 Å². The van der Waals surface area contributed by atoms with E-state index in [2.05, 4.69) is 10.6 Å². The Morgan fingerprint density at radius 2 is 1.96 bits per heavy atom. The molecule has 3 rings (SSSR count). The van der Waals surface area contributed by atoms with E-state index in [1.807, 2.05) is 25.1 Å². The number of hydrogen-bond acceptors (Lipinski definition) is 3. The van der Waals surface area contributed by atoms with Crippen molar-refractivity contribution in [3.8, 4) is 5.75 Å². The van der Waals surface area contributed by atoms with Gasteiger partial charge in [-0.2, -0.15) is 0 Å². The Morgan fingerprint density at radius 1 is 1.23 bits per heavy atom. The Labute approximate surface area is 151 Å². The summed E-state index contributed by atoms with van der Waals surface area (Å²) < 4.78 is 18.9. The number of hydrogen-bond donors (Lipinski definition) is 2. The lowest BCUT2D eigenvalue weighted by molar-refractivity contribution is -0.117. The second-order valence-electron chi connectivity index (χ2n) is 6.49. The Balaban J connectivity index is 1.73. The smallest absolute Gasteiger partial charge is 0.253 e. The summed E-state index contributed by atoms with van der Waals surface area (Å²) in [5.41, 5.74) is 1.21. The second kappa shape index (κ2) is 7.56. The van der Waals surface area contributed by atoms with Gasteiger partial charge in [0.1, 0.15) is 11.6 Å². The van der Waals surface area contributed by atoms with Crippen molar-refractivity contribution in [1.29, 1.82) is 0 Å². The van der Waals surface area contributed by atoms with Crippen molar-refractivity contribution in [1.82, 2.24) is 5.32 Å². The summed E-state index contributed by atoms with van der Waals surface area (Å²) in [7, 11) is 1.56. The van der Waals surface area contributed by atoms with E-state index in [0.717, 1.165) is 18.1 Å². The number of benzene rings is 2. The summed E-state index contributed by atoms with van der Waals surface area (Å²) in [4.78, 5) is 24.7. The van der Waals surface area contributed by atoms with Crippen LogP contribution in [0, 0.1) is 17.7 Å². The molecule has 26 heavy (non-hydrogen) atoms. The predicted octanol–water partition coefficient (Wildman–Crippen LogP) is 3.36. The number of para-hydroxylation sites is 1. The largest absolute Gasteiger partial charge is 0.496 e. The average Bonchev–Trinajstić information content (AvgIpc) is 3.38. The van der Waals surface area contributed by atoms with Gasteiger partial charge in [0, 0.05) is 18.0 Å². The van der Waals surface area contributed by atoms with Crippen LogP contribution in [0.15, 0.2) is 42.5 Å². The van der Waals surface area contributed by atoms with Gasteiger partial charge in [0.25, 0.3) is 5.91 Å². The minimum absolute atomic E-state index is 0.0375. The molecule has 0 heterocycles. The number of nitrogens with one attached hydrogen (secondary N) is 2. The molecule has 0 bridgehead atoms. The molecule has 5 nitrogen and oxygen atoms in total. The zero-order valence-electron chi connectivity index (χ0n) is 14.7. The standard InChI is InChI=1S/C20H21FN2O3/c1-12-9-15(12)20(25)23-17-8-7-14(21)10-16(17)19(24)22-11-13-5-3-4-6-18(13)26-2/h3-8,10,12,15H,9,11H2,1-2H3,(H,22,24)(H,23,25)/t12-,15+/m0/s1. The zero-order valence-corrected chi connectivity index (χ0v) is 14.7. The van der Waals surface area contributed by atoms with Crippen molar-refractivity contribution >= 4 is 17.5 Å². The third-order valence-corrected chi connectivity index (χ3v) is 4.56. The van der Waals surface area contributed by atoms with Gasteiger partial charge in [-0.05, 0) is 36.6 Å². The Kier molecular flexibility index (Phi) is 5.21. The summed E-state index contributed by atoms with van der Waals surface area (Å²) in [6.07, 6.45) is 0.836. The van der Waals surface area contributed by atoms with Crippen molar-refractivity contribution in [2.24, 2.45) is 11.8 Å². The first kappa shape index (κ1) is 17.9. The SMILES string of the molecule is COc1ccccc1CNC(=O)c1cc(F)ccc1NC(=O)[C@@H]1C[C@@H]1C. The highest BCUT2D eigenvalue weighted by Gasteiger charge is 2.39. The molecule has 1 fully saturated rings. The first-order valence-electron chi connectivity index (χ1n) is 8.50. The summed E-state index contributed by atoms with van der Waals surface area (Å²) in [5, 5.41) is 5.49. The van der Waals surface area contributed by atoms with Crippen molar-refractivity contribution in [3.05, 3.63) is 59.4 Å². The zero-order chi connectivity index (χ0) is 18.7. The van der Waals surface area contributed by atoms with Crippen LogP contribution in [0.3, 0.4) is 0 Å². The molecule has 2 aromatic rings. The molecular formula is C20H21FN2O3. The van der Waals surface area contributed by atoms with Gasteiger partial charge >= 0.3 is 0 Å². The fourth-order valence-corrected chi connectivity index (χ4v) is 2.85. The monoisotopic (exact) mass is 356 g/mol. The van der Waals surface area contributed by atoms with E-state index in [1.54, 1.807) is 13.2 Å². The van der Waals surface area contributed by atoms with Crippen LogP contribution in [0.25, 0.3) is 0 Å². The number of amides is 2. The number of carbonyl (C=O) groups is 2. The lowest BCUT2D eigenvalue weighted by Crippen LogP contribution is -2.25. The molecule has 0 saturated heterocycles. The van der Waals surface area contributed by atoms with E-state index in [-0.39, 0.29) is 23.9 Å². The first-order valence-corrected chi connectivity index (χ1v) is 8.50. The Morgan fingerprint density at radius 3 is 2.65 bits per heavy atom. The molecule has 1 aliphatic rings. The molecular weight excluding hydrogens is 335 g/mol. The molecule has 0 radical (unpaired) electrons. The quantitative estimate of drug-likeness (QED) is 0.834. The normalized spacial score (nSPS) is 18.1. The van der Waals surface area contributed by atoms with Gasteiger partial charge < -0.3 is 15.4 Å². The van der Waals surface area contributed by atoms with Gasteiger partial charge in [-0.15, -0.1) is 0 Å². The third kappa shape index (κ3) is 4.02. The minimum atomic E-state index is -0.537. The molecule has 2 N–H and O–H groups in total. The van der Waals surface area contributed by atoms with Crippen molar-refractivity contribution in [3.63, 3.8) is 0 Å². The summed E-state index contributed by atoms with van der Waals surface area (Å²) in [6, 6.07) is 11.1. The number of anilines is 1. The molecule has 2 amide bonds. The molecule has 6 heteroatoms. The second-order valence-corrected chi connectivity index (χ2v) is 6.49. The number of rotatable bonds is 6. The van der Waals surface area contributed by atoms with Crippen LogP contribution in [-0.4, -0.2) is 18.9 Å². The highest BCUT2D eigenvalue weighted by atomic mass is 19.1. The lowest BCUT2D eigenvalue weighted by Gasteiger charge is -2.13. The minimum Gasteiger partial charge on any atom is -0.496 e. The number of halogens is 1. The van der Waals surface area contributed by atoms with Crippen LogP contribution in [0.5, 0.6) is 5.75 Å². The Hall–Kier alpha value is -2.89. The maximum Gasteiger partial charge on any atom is 0.253 e. The molecule has 0 aromatic heterocycles. The third-order valence-electron chi connectivity index (χ3n) is 4.56. The number of ether oxygens (including phenoxy) is 1. The number of methoxy groups -OCH3 is 1. The Bertz CT molecular complexity index is 838. The molecule has 2 aromatic carbocycles. The predicted molar refractivity (Wildman–Crippen MR) is 96.5 cm³/mol. The molecule has 2 atom stereocenters. The number of carbonyl (C=O) groups excluding carboxylic acids is 2. The van der Waals surface area contributed by atoms with E-state index in [0.29, 0.717) is 17.4 Å². The molecule has 136 valence electrons. The molecule has 1 saturated carbocycles. The van der Waals surface area contributed by atoms with E-state index < -0.39 is 11.7 Å². The highest BCUT2D eigenvalue weighted by molar-refractivity contribution is 6.04. The maximum atomic E-state index is 13.6. The topological polar surface area (TPSA) is 67.4 Å². The van der Waals surface area contributed by atoms with Crippen molar-refractivity contribution in [2.45, 2.75) is 19.9 Å². The molecule has 0 unspecified atom stereocenters. The fourth-order valence-electron chi connectivity index (χ4n) is 2.85. The lowest BCUT2D eigenvalue weighted by atomic mass is 10.1. The maximum absolute atomic E-state index is 13.6. The molecule has 0 spiro atoms. The van der Waals surface area contributed by atoms with E-state index in [4.69, 9.17) is 4.74 Å². The van der Waals surface area contributed by atoms with E-state index in [1.165, 1.54) is 12.1 Å². The van der Waals surface area contributed by atoms with Crippen LogP contribution < -0.4 is 15.4 Å². The van der Waals surface area contributed by atoms with Crippen LogP contribution in [-0.2, 0) is 11.3 Å². The summed E-state index contributed by atoms with van der Waals surface area (Å²) in [6.45, 7) is 2.22. The summed E-state index contributed by atoms with van der Waals surface area (Å²) >= 11 is 0. The van der Waals surface area contributed by atoms with E-state index in [9.17, 15) is 14.0 Å². The fraction of sp³-hybridized carbons (Fsp3) is 0.300. The van der Waals surface area contributed by atoms with Crippen LogP contribution in [0.1, 0.15) is 29.3 Å². The van der Waals surface area contributed by atoms with Gasteiger partial charge in [0.2, 0.25) is 5.91 Å². The van der Waals surface area contributed by atoms with Crippen LogP contribution >= 0.6 is 0 Å². The summed E-state index contributed by atoms with van der Waals surface area (Å²) in [5.74, 6) is -0.172.